The predicted octanol–water partition coefficient (Wildman–Crippen LogP) is -0.558. The van der Waals surface area contributed by atoms with Crippen molar-refractivity contribution in [2.45, 2.75) is 32.7 Å². The highest BCUT2D eigenvalue weighted by Gasteiger charge is 2.45. The fraction of sp³-hybridized carbons (Fsp3) is 0.538. The molecule has 0 unspecified atom stereocenters. The van der Waals surface area contributed by atoms with Crippen LogP contribution >= 0.6 is 0 Å². The molecule has 0 spiro atoms. The summed E-state index contributed by atoms with van der Waals surface area (Å²) in [6.45, 7) is 4.86. The molecule has 8 heteroatoms. The maximum Gasteiger partial charge on any atom is 0.275 e. The van der Waals surface area contributed by atoms with Crippen LogP contribution < -0.4 is 11.1 Å². The Morgan fingerprint density at radius 3 is 2.57 bits per heavy atom. The number of nitrogen functional groups attached to an aromatic ring is 1. The number of hydrogen-bond donors (Lipinski definition) is 2. The van der Waals surface area contributed by atoms with Crippen molar-refractivity contribution in [3.63, 3.8) is 0 Å². The molecule has 1 saturated heterocycles. The SMILES string of the molecule is CCc1nn(C)c(C(=O)N2CC(=O)NC(=O)C2(C)C)c1N. The van der Waals surface area contributed by atoms with Crippen molar-refractivity contribution in [1.82, 2.24) is 20.0 Å². The molecule has 0 radical (unpaired) electrons. The monoisotopic (exact) mass is 293 g/mol. The third kappa shape index (κ3) is 2.26. The summed E-state index contributed by atoms with van der Waals surface area (Å²) >= 11 is 0. The Morgan fingerprint density at radius 1 is 1.43 bits per heavy atom. The number of hydrogen-bond acceptors (Lipinski definition) is 5. The van der Waals surface area contributed by atoms with Gasteiger partial charge in [-0.3, -0.25) is 24.4 Å². The van der Waals surface area contributed by atoms with Crippen molar-refractivity contribution >= 4 is 23.4 Å². The van der Waals surface area contributed by atoms with Gasteiger partial charge in [-0.05, 0) is 20.3 Å². The molecule has 3 N–H and O–H groups in total. The molecule has 0 aromatic carbocycles. The topological polar surface area (TPSA) is 110 Å². The number of nitrogens with one attached hydrogen (secondary N) is 1. The van der Waals surface area contributed by atoms with Crippen LogP contribution in [0.3, 0.4) is 0 Å². The van der Waals surface area contributed by atoms with Gasteiger partial charge in [-0.2, -0.15) is 5.10 Å². The van der Waals surface area contributed by atoms with E-state index in [0.717, 1.165) is 0 Å². The Labute approximate surface area is 122 Å². The van der Waals surface area contributed by atoms with E-state index in [1.807, 2.05) is 6.92 Å². The van der Waals surface area contributed by atoms with Crippen LogP contribution in [0.4, 0.5) is 5.69 Å². The number of amides is 3. The van der Waals surface area contributed by atoms with Crippen LogP contribution in [-0.2, 0) is 23.1 Å². The normalized spacial score (nSPS) is 17.8. The minimum Gasteiger partial charge on any atom is -0.395 e. The minimum atomic E-state index is -1.13. The first-order valence-corrected chi connectivity index (χ1v) is 6.67. The number of anilines is 1. The number of carbonyl (C=O) groups excluding carboxylic acids is 3. The van der Waals surface area contributed by atoms with Crippen LogP contribution in [0, 0.1) is 0 Å². The van der Waals surface area contributed by atoms with E-state index in [1.165, 1.54) is 9.58 Å². The Kier molecular flexibility index (Phi) is 3.48. The van der Waals surface area contributed by atoms with E-state index in [9.17, 15) is 14.4 Å². The number of carbonyl (C=O) groups is 3. The summed E-state index contributed by atoms with van der Waals surface area (Å²) in [6, 6.07) is 0. The van der Waals surface area contributed by atoms with Gasteiger partial charge >= 0.3 is 0 Å². The molecule has 0 atom stereocenters. The summed E-state index contributed by atoms with van der Waals surface area (Å²) in [5.41, 5.74) is 5.94. The van der Waals surface area contributed by atoms with Gasteiger partial charge in [0, 0.05) is 7.05 Å². The lowest BCUT2D eigenvalue weighted by molar-refractivity contribution is -0.143. The number of rotatable bonds is 2. The number of aromatic nitrogens is 2. The van der Waals surface area contributed by atoms with E-state index < -0.39 is 23.3 Å². The molecule has 1 aliphatic rings. The second kappa shape index (κ2) is 4.87. The largest absolute Gasteiger partial charge is 0.395 e. The van der Waals surface area contributed by atoms with Gasteiger partial charge in [-0.1, -0.05) is 6.92 Å². The van der Waals surface area contributed by atoms with Crippen molar-refractivity contribution in [2.24, 2.45) is 7.05 Å². The third-order valence-electron chi connectivity index (χ3n) is 3.73. The fourth-order valence-electron chi connectivity index (χ4n) is 2.35. The molecular formula is C13H19N5O3. The minimum absolute atomic E-state index is 0.191. The zero-order chi connectivity index (χ0) is 15.9. The van der Waals surface area contributed by atoms with E-state index in [0.29, 0.717) is 17.8 Å². The van der Waals surface area contributed by atoms with Crippen molar-refractivity contribution in [2.75, 3.05) is 12.3 Å². The predicted molar refractivity (Wildman–Crippen MR) is 75.3 cm³/mol. The molecule has 21 heavy (non-hydrogen) atoms. The summed E-state index contributed by atoms with van der Waals surface area (Å²) in [5, 5.41) is 6.42. The first-order valence-electron chi connectivity index (χ1n) is 6.67. The lowest BCUT2D eigenvalue weighted by Gasteiger charge is -2.40. The Hall–Kier alpha value is -2.38. The maximum atomic E-state index is 12.7. The van der Waals surface area contributed by atoms with Crippen LogP contribution in [0.15, 0.2) is 0 Å². The van der Waals surface area contributed by atoms with Crippen molar-refractivity contribution in [1.29, 1.82) is 0 Å². The third-order valence-corrected chi connectivity index (χ3v) is 3.73. The highest BCUT2D eigenvalue weighted by Crippen LogP contribution is 2.25. The van der Waals surface area contributed by atoms with Gasteiger partial charge in [-0.25, -0.2) is 0 Å². The molecule has 0 aliphatic carbocycles. The van der Waals surface area contributed by atoms with E-state index >= 15 is 0 Å². The molecule has 1 aliphatic heterocycles. The van der Waals surface area contributed by atoms with Gasteiger partial charge in [0.05, 0.1) is 11.4 Å². The fourth-order valence-corrected chi connectivity index (χ4v) is 2.35. The lowest BCUT2D eigenvalue weighted by atomic mass is 9.98. The first-order chi connectivity index (χ1) is 9.70. The molecule has 1 aromatic heterocycles. The quantitative estimate of drug-likeness (QED) is 0.710. The van der Waals surface area contributed by atoms with Crippen molar-refractivity contribution in [3.05, 3.63) is 11.4 Å². The van der Waals surface area contributed by atoms with Gasteiger partial charge in [0.15, 0.2) is 0 Å². The van der Waals surface area contributed by atoms with Gasteiger partial charge in [0.2, 0.25) is 5.91 Å². The summed E-state index contributed by atoms with van der Waals surface area (Å²) in [7, 11) is 1.61. The average Bonchev–Trinajstić information content (AvgIpc) is 2.68. The second-order valence-corrected chi connectivity index (χ2v) is 5.51. The van der Waals surface area contributed by atoms with Crippen LogP contribution in [0.1, 0.15) is 37.0 Å². The highest BCUT2D eigenvalue weighted by atomic mass is 16.2. The molecule has 114 valence electrons. The molecule has 1 fully saturated rings. The summed E-state index contributed by atoms with van der Waals surface area (Å²) in [5.74, 6) is -1.50. The summed E-state index contributed by atoms with van der Waals surface area (Å²) in [6.07, 6.45) is 0.593. The number of imide groups is 1. The highest BCUT2D eigenvalue weighted by molar-refractivity contribution is 6.09. The van der Waals surface area contributed by atoms with Crippen LogP contribution in [0.2, 0.25) is 0 Å². The molecule has 0 saturated carbocycles. The van der Waals surface area contributed by atoms with Gasteiger partial charge < -0.3 is 10.6 Å². The van der Waals surface area contributed by atoms with Crippen LogP contribution in [0.5, 0.6) is 0 Å². The van der Waals surface area contributed by atoms with E-state index in [1.54, 1.807) is 20.9 Å². The standard InChI is InChI=1S/C13H19N5O3/c1-5-7-9(14)10(17(4)16-7)11(20)18-6-8(19)15-12(21)13(18,2)3/h5-6,14H2,1-4H3,(H,15,19,21). The van der Waals surface area contributed by atoms with Crippen LogP contribution in [-0.4, -0.2) is 44.5 Å². The summed E-state index contributed by atoms with van der Waals surface area (Å²) < 4.78 is 1.39. The second-order valence-electron chi connectivity index (χ2n) is 5.51. The zero-order valence-electron chi connectivity index (χ0n) is 12.6. The Morgan fingerprint density at radius 2 is 2.05 bits per heavy atom. The van der Waals surface area contributed by atoms with Gasteiger partial charge in [0.1, 0.15) is 17.8 Å². The molecular weight excluding hydrogens is 274 g/mol. The zero-order valence-corrected chi connectivity index (χ0v) is 12.6. The molecule has 3 amide bonds. The van der Waals surface area contributed by atoms with E-state index in [-0.39, 0.29) is 12.2 Å². The molecule has 8 nitrogen and oxygen atoms in total. The smallest absolute Gasteiger partial charge is 0.275 e. The summed E-state index contributed by atoms with van der Waals surface area (Å²) in [4.78, 5) is 37.4. The van der Waals surface area contributed by atoms with E-state index in [2.05, 4.69) is 10.4 Å². The Bertz CT molecular complexity index is 632. The average molecular weight is 293 g/mol. The molecule has 1 aromatic rings. The van der Waals surface area contributed by atoms with Gasteiger partial charge in [0.25, 0.3) is 11.8 Å². The van der Waals surface area contributed by atoms with Gasteiger partial charge in [-0.15, -0.1) is 0 Å². The Balaban J connectivity index is 2.46. The first kappa shape index (κ1) is 15.0. The maximum absolute atomic E-state index is 12.7. The van der Waals surface area contributed by atoms with E-state index in [4.69, 9.17) is 5.73 Å². The molecule has 2 heterocycles. The van der Waals surface area contributed by atoms with Crippen molar-refractivity contribution < 1.29 is 14.4 Å². The van der Waals surface area contributed by atoms with Crippen LogP contribution in [0.25, 0.3) is 0 Å². The lowest BCUT2D eigenvalue weighted by Crippen LogP contribution is -2.65. The number of nitrogens with zero attached hydrogens (tertiary/aromatic N) is 3. The number of nitrogens with two attached hydrogens (primary N) is 1. The number of aryl methyl sites for hydroxylation is 2. The molecule has 2 rings (SSSR count). The number of piperazine rings is 1. The van der Waals surface area contributed by atoms with Crippen molar-refractivity contribution in [3.8, 4) is 0 Å². The molecule has 0 bridgehead atoms.